The average Bonchev–Trinajstić information content (AvgIpc) is 3.41. The maximum absolute atomic E-state index is 14.0. The van der Waals surface area contributed by atoms with Crippen molar-refractivity contribution in [2.45, 2.75) is 38.0 Å². The van der Waals surface area contributed by atoms with Gasteiger partial charge in [0.05, 0.1) is 29.4 Å². The lowest BCUT2D eigenvalue weighted by Gasteiger charge is -2.33. The molecule has 0 aliphatic carbocycles. The molecule has 0 saturated carbocycles. The SMILES string of the molecule is CCOc1cccc2sc(N(CCCN3CCOCC3)C(=O)C3CCN(S(=O)(=O)c4ccc(C)cc4)CC3)nc12. The number of anilines is 1. The molecule has 11 heteroatoms. The van der Waals surface area contributed by atoms with E-state index in [0.29, 0.717) is 49.1 Å². The van der Waals surface area contributed by atoms with E-state index < -0.39 is 10.0 Å². The molecule has 0 bridgehead atoms. The van der Waals surface area contributed by atoms with Crippen LogP contribution < -0.4 is 9.64 Å². The number of fused-ring (bicyclic) bond motifs is 1. The molecular formula is C29H38N4O5S2. The van der Waals surface area contributed by atoms with E-state index in [0.717, 1.165) is 60.8 Å². The fraction of sp³-hybridized carbons (Fsp3) is 0.517. The maximum Gasteiger partial charge on any atom is 0.243 e. The number of hydrogen-bond acceptors (Lipinski definition) is 8. The number of ether oxygens (including phenoxy) is 2. The molecule has 3 heterocycles. The van der Waals surface area contributed by atoms with Gasteiger partial charge in [0.1, 0.15) is 11.3 Å². The summed E-state index contributed by atoms with van der Waals surface area (Å²) in [6, 6.07) is 12.8. The molecule has 1 amide bonds. The number of sulfonamides is 1. The first-order valence-corrected chi connectivity index (χ1v) is 16.3. The standard InChI is InChI=1S/C29H38N4O5S2/c1-3-38-25-6-4-7-26-27(25)30-29(39-26)33(15-5-14-31-18-20-37-21-19-31)28(34)23-12-16-32(17-13-23)40(35,36)24-10-8-22(2)9-11-24/h4,6-11,23H,3,5,12-21H2,1-2H3. The molecule has 0 unspecified atom stereocenters. The number of rotatable bonds is 10. The average molecular weight is 587 g/mol. The van der Waals surface area contributed by atoms with Gasteiger partial charge in [-0.05, 0) is 57.4 Å². The molecule has 3 aromatic rings. The third-order valence-corrected chi connectivity index (χ3v) is 10.5. The van der Waals surface area contributed by atoms with Gasteiger partial charge in [0.25, 0.3) is 0 Å². The van der Waals surface area contributed by atoms with Gasteiger partial charge >= 0.3 is 0 Å². The van der Waals surface area contributed by atoms with E-state index in [4.69, 9.17) is 14.5 Å². The van der Waals surface area contributed by atoms with Crippen LogP contribution in [0.2, 0.25) is 0 Å². The minimum absolute atomic E-state index is 0.0198. The second-order valence-electron chi connectivity index (χ2n) is 10.3. The van der Waals surface area contributed by atoms with Crippen molar-refractivity contribution < 1.29 is 22.7 Å². The van der Waals surface area contributed by atoms with Crippen molar-refractivity contribution in [3.8, 4) is 5.75 Å². The Balaban J connectivity index is 1.31. The minimum Gasteiger partial charge on any atom is -0.492 e. The van der Waals surface area contributed by atoms with Crippen LogP contribution in [0, 0.1) is 12.8 Å². The quantitative estimate of drug-likeness (QED) is 0.352. The van der Waals surface area contributed by atoms with Crippen LogP contribution in [0.5, 0.6) is 5.75 Å². The van der Waals surface area contributed by atoms with Gasteiger partial charge in [0, 0.05) is 45.2 Å². The Morgan fingerprint density at radius 1 is 1.10 bits per heavy atom. The van der Waals surface area contributed by atoms with E-state index >= 15 is 0 Å². The Kier molecular flexibility index (Phi) is 9.37. The van der Waals surface area contributed by atoms with Crippen molar-refractivity contribution in [2.24, 2.45) is 5.92 Å². The summed E-state index contributed by atoms with van der Waals surface area (Å²) in [6.07, 6.45) is 1.79. The Morgan fingerprint density at radius 2 is 1.82 bits per heavy atom. The smallest absolute Gasteiger partial charge is 0.243 e. The van der Waals surface area contributed by atoms with Crippen LogP contribution in [0.3, 0.4) is 0 Å². The lowest BCUT2D eigenvalue weighted by molar-refractivity contribution is -0.123. The Morgan fingerprint density at radius 3 is 2.52 bits per heavy atom. The fourth-order valence-corrected chi connectivity index (χ4v) is 7.78. The topological polar surface area (TPSA) is 92.3 Å². The number of aromatic nitrogens is 1. The van der Waals surface area contributed by atoms with Crippen molar-refractivity contribution in [2.75, 3.05) is 64.0 Å². The van der Waals surface area contributed by atoms with Gasteiger partial charge in [-0.3, -0.25) is 14.6 Å². The van der Waals surface area contributed by atoms with Crippen LogP contribution in [0.15, 0.2) is 47.4 Å². The number of nitrogens with zero attached hydrogens (tertiary/aromatic N) is 4. The number of carbonyl (C=O) groups excluding carboxylic acids is 1. The number of benzene rings is 2. The number of amides is 1. The van der Waals surface area contributed by atoms with Crippen molar-refractivity contribution in [3.05, 3.63) is 48.0 Å². The summed E-state index contributed by atoms with van der Waals surface area (Å²) in [7, 11) is -3.59. The number of carbonyl (C=O) groups is 1. The molecule has 0 spiro atoms. The van der Waals surface area contributed by atoms with Crippen LogP contribution in [0.1, 0.15) is 31.7 Å². The lowest BCUT2D eigenvalue weighted by Crippen LogP contribution is -2.45. The van der Waals surface area contributed by atoms with Crippen LogP contribution >= 0.6 is 11.3 Å². The van der Waals surface area contributed by atoms with E-state index in [1.165, 1.54) is 15.6 Å². The van der Waals surface area contributed by atoms with E-state index in [9.17, 15) is 13.2 Å². The number of piperidine rings is 1. The molecule has 2 aliphatic rings. The molecule has 2 fully saturated rings. The summed E-state index contributed by atoms with van der Waals surface area (Å²) in [4.78, 5) is 23.4. The van der Waals surface area contributed by atoms with Crippen LogP contribution in [0.25, 0.3) is 10.2 Å². The van der Waals surface area contributed by atoms with Crippen molar-refractivity contribution in [1.82, 2.24) is 14.2 Å². The Bertz CT molecular complexity index is 1400. The van der Waals surface area contributed by atoms with E-state index in [1.54, 1.807) is 12.1 Å². The molecule has 5 rings (SSSR count). The molecule has 1 aromatic heterocycles. The zero-order valence-electron chi connectivity index (χ0n) is 23.3. The molecule has 216 valence electrons. The molecule has 0 atom stereocenters. The second-order valence-corrected chi connectivity index (χ2v) is 13.3. The highest BCUT2D eigenvalue weighted by molar-refractivity contribution is 7.89. The number of morpholine rings is 1. The third-order valence-electron chi connectivity index (χ3n) is 7.59. The molecule has 9 nitrogen and oxygen atoms in total. The normalized spacial score (nSPS) is 17.8. The van der Waals surface area contributed by atoms with Gasteiger partial charge in [0.15, 0.2) is 5.13 Å². The molecule has 2 saturated heterocycles. The summed E-state index contributed by atoms with van der Waals surface area (Å²) in [5, 5.41) is 0.670. The van der Waals surface area contributed by atoms with E-state index in [2.05, 4.69) is 4.90 Å². The first-order chi connectivity index (χ1) is 19.4. The highest BCUT2D eigenvalue weighted by Crippen LogP contribution is 2.36. The number of para-hydroxylation sites is 1. The molecule has 0 N–H and O–H groups in total. The van der Waals surface area contributed by atoms with Gasteiger partial charge in [-0.1, -0.05) is 35.1 Å². The first-order valence-electron chi connectivity index (χ1n) is 14.1. The molecular weight excluding hydrogens is 548 g/mol. The predicted octanol–water partition coefficient (Wildman–Crippen LogP) is 4.16. The summed E-state index contributed by atoms with van der Waals surface area (Å²) in [5.74, 6) is 0.482. The number of thiazole rings is 1. The van der Waals surface area contributed by atoms with Crippen molar-refractivity contribution >= 4 is 42.6 Å². The van der Waals surface area contributed by atoms with Crippen molar-refractivity contribution in [3.63, 3.8) is 0 Å². The minimum atomic E-state index is -3.59. The molecule has 2 aliphatic heterocycles. The summed E-state index contributed by atoms with van der Waals surface area (Å²) < 4.78 is 40.2. The van der Waals surface area contributed by atoms with Gasteiger partial charge in [-0.15, -0.1) is 0 Å². The monoisotopic (exact) mass is 586 g/mol. The lowest BCUT2D eigenvalue weighted by atomic mass is 9.96. The van der Waals surface area contributed by atoms with Crippen LogP contribution in [-0.4, -0.2) is 87.6 Å². The van der Waals surface area contributed by atoms with Crippen molar-refractivity contribution in [1.29, 1.82) is 0 Å². The highest BCUT2D eigenvalue weighted by Gasteiger charge is 2.35. The third kappa shape index (κ3) is 6.49. The number of hydrogen-bond donors (Lipinski definition) is 0. The zero-order valence-corrected chi connectivity index (χ0v) is 24.9. The summed E-state index contributed by atoms with van der Waals surface area (Å²) in [6.45, 7) is 9.79. The Hall–Kier alpha value is -2.57. The van der Waals surface area contributed by atoms with Crippen LogP contribution in [0.4, 0.5) is 5.13 Å². The molecule has 40 heavy (non-hydrogen) atoms. The van der Waals surface area contributed by atoms with Gasteiger partial charge < -0.3 is 9.47 Å². The van der Waals surface area contributed by atoms with Gasteiger partial charge in [-0.25, -0.2) is 13.4 Å². The summed E-state index contributed by atoms with van der Waals surface area (Å²) >= 11 is 1.50. The fourth-order valence-electron chi connectivity index (χ4n) is 5.30. The number of aryl methyl sites for hydroxylation is 1. The Labute approximate surface area is 240 Å². The second kappa shape index (κ2) is 12.9. The zero-order chi connectivity index (χ0) is 28.1. The molecule has 0 radical (unpaired) electrons. The van der Waals surface area contributed by atoms with E-state index in [1.807, 2.05) is 49.1 Å². The molecule has 2 aromatic carbocycles. The van der Waals surface area contributed by atoms with Gasteiger partial charge in [0.2, 0.25) is 15.9 Å². The maximum atomic E-state index is 14.0. The summed E-state index contributed by atoms with van der Waals surface area (Å²) in [5.41, 5.74) is 1.79. The van der Waals surface area contributed by atoms with Gasteiger partial charge in [-0.2, -0.15) is 4.31 Å². The first kappa shape index (κ1) is 28.9. The van der Waals surface area contributed by atoms with E-state index in [-0.39, 0.29) is 11.8 Å². The largest absolute Gasteiger partial charge is 0.492 e. The highest BCUT2D eigenvalue weighted by atomic mass is 32.2. The van der Waals surface area contributed by atoms with Crippen LogP contribution in [-0.2, 0) is 19.6 Å². The predicted molar refractivity (Wildman–Crippen MR) is 158 cm³/mol.